The standard InChI is InChI=1S/C17H27NO3/c1-7-21-17(5,6)16(19)18-14-8-9-15(13(4)10-14)20-11-12(2)3/h8-10,12H,7,11H2,1-6H3,(H,18,19). The molecule has 0 spiro atoms. The number of hydrogen-bond donors (Lipinski definition) is 1. The van der Waals surface area contributed by atoms with Gasteiger partial charge in [-0.15, -0.1) is 0 Å². The number of benzene rings is 1. The molecule has 1 rings (SSSR count). The summed E-state index contributed by atoms with van der Waals surface area (Å²) in [7, 11) is 0. The Morgan fingerprint density at radius 2 is 2.00 bits per heavy atom. The molecule has 0 atom stereocenters. The Bertz CT molecular complexity index is 481. The van der Waals surface area contributed by atoms with E-state index in [1.54, 1.807) is 13.8 Å². The quantitative estimate of drug-likeness (QED) is 0.832. The van der Waals surface area contributed by atoms with Gasteiger partial charge < -0.3 is 14.8 Å². The second kappa shape index (κ2) is 7.46. The van der Waals surface area contributed by atoms with Crippen LogP contribution in [0.3, 0.4) is 0 Å². The fraction of sp³-hybridized carbons (Fsp3) is 0.588. The number of carbonyl (C=O) groups is 1. The lowest BCUT2D eigenvalue weighted by atomic mass is 10.1. The minimum Gasteiger partial charge on any atom is -0.493 e. The molecule has 1 N–H and O–H groups in total. The molecule has 1 aromatic rings. The van der Waals surface area contributed by atoms with Gasteiger partial charge in [-0.2, -0.15) is 0 Å². The van der Waals surface area contributed by atoms with Gasteiger partial charge in [0.1, 0.15) is 11.4 Å². The molecule has 0 aliphatic carbocycles. The van der Waals surface area contributed by atoms with Gasteiger partial charge in [-0.25, -0.2) is 0 Å². The highest BCUT2D eigenvalue weighted by atomic mass is 16.5. The average molecular weight is 293 g/mol. The number of carbonyl (C=O) groups excluding carboxylic acids is 1. The minimum absolute atomic E-state index is 0.153. The van der Waals surface area contributed by atoms with Crippen LogP contribution in [0.1, 0.15) is 40.2 Å². The number of amides is 1. The number of ether oxygens (including phenoxy) is 2. The topological polar surface area (TPSA) is 47.6 Å². The largest absolute Gasteiger partial charge is 0.493 e. The molecule has 4 nitrogen and oxygen atoms in total. The first-order valence-corrected chi connectivity index (χ1v) is 7.45. The molecule has 0 saturated carbocycles. The number of rotatable bonds is 7. The molecular formula is C17H27NO3. The Morgan fingerprint density at radius 1 is 1.33 bits per heavy atom. The van der Waals surface area contributed by atoms with Crippen LogP contribution in [0.15, 0.2) is 18.2 Å². The molecular weight excluding hydrogens is 266 g/mol. The van der Waals surface area contributed by atoms with Gasteiger partial charge >= 0.3 is 0 Å². The van der Waals surface area contributed by atoms with Gasteiger partial charge in [-0.3, -0.25) is 4.79 Å². The second-order valence-electron chi connectivity index (χ2n) is 6.08. The van der Waals surface area contributed by atoms with Crippen molar-refractivity contribution >= 4 is 11.6 Å². The van der Waals surface area contributed by atoms with Crippen LogP contribution in [0, 0.1) is 12.8 Å². The third kappa shape index (κ3) is 5.38. The lowest BCUT2D eigenvalue weighted by molar-refractivity contribution is -0.136. The van der Waals surface area contributed by atoms with E-state index in [0.29, 0.717) is 19.1 Å². The van der Waals surface area contributed by atoms with Gasteiger partial charge in [0, 0.05) is 12.3 Å². The van der Waals surface area contributed by atoms with Crippen LogP contribution >= 0.6 is 0 Å². The van der Waals surface area contributed by atoms with Crippen molar-refractivity contribution in [1.82, 2.24) is 0 Å². The SMILES string of the molecule is CCOC(C)(C)C(=O)Nc1ccc(OCC(C)C)c(C)c1. The molecule has 21 heavy (non-hydrogen) atoms. The Morgan fingerprint density at radius 3 is 2.52 bits per heavy atom. The summed E-state index contributed by atoms with van der Waals surface area (Å²) in [6.07, 6.45) is 0. The van der Waals surface area contributed by atoms with Gasteiger partial charge in [0.05, 0.1) is 6.61 Å². The first kappa shape index (κ1) is 17.5. The van der Waals surface area contributed by atoms with Gasteiger partial charge in [0.15, 0.2) is 0 Å². The predicted octanol–water partition coefficient (Wildman–Crippen LogP) is 3.78. The fourth-order valence-corrected chi connectivity index (χ4v) is 1.85. The van der Waals surface area contributed by atoms with Gasteiger partial charge in [0.25, 0.3) is 5.91 Å². The van der Waals surface area contributed by atoms with E-state index in [2.05, 4.69) is 19.2 Å². The van der Waals surface area contributed by atoms with E-state index in [-0.39, 0.29) is 5.91 Å². The summed E-state index contributed by atoms with van der Waals surface area (Å²) in [6, 6.07) is 5.65. The Hall–Kier alpha value is -1.55. The van der Waals surface area contributed by atoms with E-state index in [0.717, 1.165) is 17.0 Å². The van der Waals surface area contributed by atoms with E-state index in [4.69, 9.17) is 9.47 Å². The molecule has 0 saturated heterocycles. The molecule has 0 radical (unpaired) electrons. The molecule has 0 aliphatic rings. The van der Waals surface area contributed by atoms with Crippen LogP contribution in [0.2, 0.25) is 0 Å². The van der Waals surface area contributed by atoms with E-state index in [1.807, 2.05) is 32.0 Å². The molecule has 1 amide bonds. The number of nitrogens with one attached hydrogen (secondary N) is 1. The Labute approximate surface area is 127 Å². The maximum atomic E-state index is 12.2. The lowest BCUT2D eigenvalue weighted by Crippen LogP contribution is -2.39. The summed E-state index contributed by atoms with van der Waals surface area (Å²) in [6.45, 7) is 12.8. The first-order chi connectivity index (χ1) is 9.76. The van der Waals surface area contributed by atoms with Crippen LogP contribution in [0.5, 0.6) is 5.75 Å². The van der Waals surface area contributed by atoms with Gasteiger partial charge in [0.2, 0.25) is 0 Å². The van der Waals surface area contributed by atoms with Crippen molar-refractivity contribution in [1.29, 1.82) is 0 Å². The molecule has 1 aromatic carbocycles. The van der Waals surface area contributed by atoms with E-state index in [1.165, 1.54) is 0 Å². The van der Waals surface area contributed by atoms with Crippen molar-refractivity contribution in [3.8, 4) is 5.75 Å². The van der Waals surface area contributed by atoms with Crippen LogP contribution in [0.4, 0.5) is 5.69 Å². The van der Waals surface area contributed by atoms with Crippen LogP contribution in [-0.2, 0) is 9.53 Å². The number of aryl methyl sites for hydroxylation is 1. The molecule has 4 heteroatoms. The Balaban J connectivity index is 2.73. The summed E-state index contributed by atoms with van der Waals surface area (Å²) in [5.74, 6) is 1.18. The summed E-state index contributed by atoms with van der Waals surface area (Å²) in [5, 5.41) is 2.88. The number of hydrogen-bond acceptors (Lipinski definition) is 3. The zero-order chi connectivity index (χ0) is 16.0. The summed E-state index contributed by atoms with van der Waals surface area (Å²) < 4.78 is 11.2. The zero-order valence-electron chi connectivity index (χ0n) is 13.9. The van der Waals surface area contributed by atoms with Crippen molar-refractivity contribution in [3.05, 3.63) is 23.8 Å². The molecule has 118 valence electrons. The van der Waals surface area contributed by atoms with Crippen molar-refractivity contribution < 1.29 is 14.3 Å². The molecule has 0 aromatic heterocycles. The monoisotopic (exact) mass is 293 g/mol. The predicted molar refractivity (Wildman–Crippen MR) is 85.8 cm³/mol. The minimum atomic E-state index is -0.838. The molecule has 0 fully saturated rings. The lowest BCUT2D eigenvalue weighted by Gasteiger charge is -2.23. The molecule has 0 aliphatic heterocycles. The maximum Gasteiger partial charge on any atom is 0.256 e. The van der Waals surface area contributed by atoms with E-state index < -0.39 is 5.60 Å². The van der Waals surface area contributed by atoms with Gasteiger partial charge in [-0.05, 0) is 57.4 Å². The highest BCUT2D eigenvalue weighted by Gasteiger charge is 2.27. The molecule has 0 unspecified atom stereocenters. The van der Waals surface area contributed by atoms with Crippen LogP contribution in [-0.4, -0.2) is 24.7 Å². The van der Waals surface area contributed by atoms with Crippen molar-refractivity contribution in [3.63, 3.8) is 0 Å². The Kier molecular flexibility index (Phi) is 6.21. The fourth-order valence-electron chi connectivity index (χ4n) is 1.85. The number of anilines is 1. The third-order valence-corrected chi connectivity index (χ3v) is 3.06. The summed E-state index contributed by atoms with van der Waals surface area (Å²) in [4.78, 5) is 12.2. The van der Waals surface area contributed by atoms with E-state index >= 15 is 0 Å². The molecule has 0 heterocycles. The smallest absolute Gasteiger partial charge is 0.256 e. The highest BCUT2D eigenvalue weighted by Crippen LogP contribution is 2.23. The highest BCUT2D eigenvalue weighted by molar-refractivity contribution is 5.96. The van der Waals surface area contributed by atoms with Crippen LogP contribution in [0.25, 0.3) is 0 Å². The van der Waals surface area contributed by atoms with Gasteiger partial charge in [-0.1, -0.05) is 13.8 Å². The summed E-state index contributed by atoms with van der Waals surface area (Å²) >= 11 is 0. The normalized spacial score (nSPS) is 11.6. The average Bonchev–Trinajstić information content (AvgIpc) is 2.37. The first-order valence-electron chi connectivity index (χ1n) is 7.45. The zero-order valence-corrected chi connectivity index (χ0v) is 13.9. The second-order valence-corrected chi connectivity index (χ2v) is 6.08. The summed E-state index contributed by atoms with van der Waals surface area (Å²) in [5.41, 5.74) is 0.917. The van der Waals surface area contributed by atoms with E-state index in [9.17, 15) is 4.79 Å². The molecule has 0 bridgehead atoms. The maximum absolute atomic E-state index is 12.2. The third-order valence-electron chi connectivity index (χ3n) is 3.06. The van der Waals surface area contributed by atoms with Crippen molar-refractivity contribution in [2.45, 2.75) is 47.1 Å². The van der Waals surface area contributed by atoms with Crippen molar-refractivity contribution in [2.24, 2.45) is 5.92 Å². The van der Waals surface area contributed by atoms with Crippen molar-refractivity contribution in [2.75, 3.05) is 18.5 Å². The van der Waals surface area contributed by atoms with Crippen LogP contribution < -0.4 is 10.1 Å².